The molecule has 6 aromatic carbocycles. The highest BCUT2D eigenvalue weighted by molar-refractivity contribution is 6.17. The lowest BCUT2D eigenvalue weighted by molar-refractivity contribution is -0.729. The van der Waals surface area contributed by atoms with Crippen molar-refractivity contribution in [2.24, 2.45) is 0 Å². The number of hydrogen-bond acceptors (Lipinski definition) is 1. The molecule has 6 heterocycles. The molecule has 0 radical (unpaired) electrons. The van der Waals surface area contributed by atoms with Gasteiger partial charge in [-0.2, -0.15) is 4.57 Å². The molecule has 3 aromatic heterocycles. The van der Waals surface area contributed by atoms with Gasteiger partial charge >= 0.3 is 0 Å². The van der Waals surface area contributed by atoms with E-state index >= 15 is 0 Å². The summed E-state index contributed by atoms with van der Waals surface area (Å²) in [5.41, 5.74) is 13.2. The molecule has 3 aliphatic heterocycles. The minimum Gasteiger partial charge on any atom is -0.309 e. The Morgan fingerprint density at radius 2 is 1.02 bits per heavy atom. The number of benzene rings is 6. The van der Waals surface area contributed by atoms with Crippen molar-refractivity contribution in [3.63, 3.8) is 0 Å². The van der Waals surface area contributed by atoms with Gasteiger partial charge in [-0.05, 0) is 60.7 Å². The van der Waals surface area contributed by atoms with Crippen LogP contribution in [0.5, 0.6) is 0 Å². The van der Waals surface area contributed by atoms with Crippen LogP contribution >= 0.6 is 0 Å². The smallest absolute Gasteiger partial charge is 0.288 e. The van der Waals surface area contributed by atoms with Gasteiger partial charge in [-0.1, -0.05) is 78.9 Å². The van der Waals surface area contributed by atoms with Crippen LogP contribution in [-0.4, -0.2) is 9.13 Å². The Labute approximate surface area is 264 Å². The Morgan fingerprint density at radius 1 is 0.435 bits per heavy atom. The summed E-state index contributed by atoms with van der Waals surface area (Å²) in [4.78, 5) is 2.51. The molecule has 0 N–H and O–H groups in total. The van der Waals surface area contributed by atoms with E-state index in [0.717, 1.165) is 5.69 Å². The SMILES string of the molecule is c1ccc(N2c3ccc4c5ccccc5n5c4c3C3(c4ccccc4-5)c4c2ccc2c5ccccc5n(c42)-c2cccc[n+]23)cc1. The van der Waals surface area contributed by atoms with E-state index in [4.69, 9.17) is 0 Å². The second-order valence-corrected chi connectivity index (χ2v) is 12.7. The maximum atomic E-state index is 2.57. The van der Waals surface area contributed by atoms with E-state index in [1.807, 2.05) is 0 Å². The molecule has 0 amide bonds. The Balaban J connectivity index is 1.44. The molecule has 0 fully saturated rings. The lowest BCUT2D eigenvalue weighted by Gasteiger charge is -2.48. The van der Waals surface area contributed by atoms with Crippen molar-refractivity contribution in [2.75, 3.05) is 4.90 Å². The number of aromatic nitrogens is 3. The molecular weight excluding hydrogens is 560 g/mol. The fourth-order valence-corrected chi connectivity index (χ4v) is 9.29. The number of pyridine rings is 1. The molecule has 0 aliphatic carbocycles. The first kappa shape index (κ1) is 23.3. The highest BCUT2D eigenvalue weighted by Gasteiger charge is 2.60. The molecule has 1 spiro atoms. The number of rotatable bonds is 1. The molecule has 4 nitrogen and oxygen atoms in total. The fraction of sp³-hybridized carbons (Fsp3) is 0.0238. The average molecular weight is 586 g/mol. The lowest BCUT2D eigenvalue weighted by atomic mass is 9.68. The number of hydrogen-bond donors (Lipinski definition) is 0. The van der Waals surface area contributed by atoms with E-state index < -0.39 is 5.54 Å². The zero-order chi connectivity index (χ0) is 29.7. The quantitative estimate of drug-likeness (QED) is 0.175. The Kier molecular flexibility index (Phi) is 3.92. The van der Waals surface area contributed by atoms with Crippen molar-refractivity contribution >= 4 is 60.7 Å². The van der Waals surface area contributed by atoms with Crippen molar-refractivity contribution in [3.8, 4) is 11.5 Å². The van der Waals surface area contributed by atoms with Gasteiger partial charge in [0.1, 0.15) is 5.52 Å². The van der Waals surface area contributed by atoms with E-state index in [-0.39, 0.29) is 0 Å². The van der Waals surface area contributed by atoms with Gasteiger partial charge in [0.15, 0.2) is 11.1 Å². The van der Waals surface area contributed by atoms with Crippen LogP contribution in [0, 0.1) is 0 Å². The number of fused-ring (bicyclic) bond motifs is 10. The molecule has 3 aliphatic rings. The van der Waals surface area contributed by atoms with Crippen LogP contribution in [0.3, 0.4) is 0 Å². The fourth-order valence-electron chi connectivity index (χ4n) is 9.29. The number of anilines is 3. The minimum atomic E-state index is -0.600. The third kappa shape index (κ3) is 2.35. The van der Waals surface area contributed by atoms with Crippen LogP contribution < -0.4 is 9.47 Å². The molecule has 46 heavy (non-hydrogen) atoms. The van der Waals surface area contributed by atoms with E-state index in [2.05, 4.69) is 170 Å². The lowest BCUT2D eigenvalue weighted by Crippen LogP contribution is -2.64. The normalized spacial score (nSPS) is 16.7. The Hall–Kier alpha value is -6.13. The van der Waals surface area contributed by atoms with Gasteiger partial charge in [-0.25, -0.2) is 4.57 Å². The van der Waals surface area contributed by atoms with E-state index in [0.29, 0.717) is 0 Å². The molecular formula is C42H25N4+. The molecule has 1 atom stereocenters. The minimum absolute atomic E-state index is 0.600. The Bertz CT molecular complexity index is 2640. The van der Waals surface area contributed by atoms with Gasteiger partial charge in [0, 0.05) is 38.9 Å². The third-order valence-electron chi connectivity index (χ3n) is 10.8. The molecule has 4 heteroatoms. The summed E-state index contributed by atoms with van der Waals surface area (Å²) >= 11 is 0. The second kappa shape index (κ2) is 7.74. The van der Waals surface area contributed by atoms with Crippen LogP contribution in [0.15, 0.2) is 152 Å². The summed E-state index contributed by atoms with van der Waals surface area (Å²) in [5.74, 6) is 1.17. The summed E-state index contributed by atoms with van der Waals surface area (Å²) in [6.45, 7) is 0. The van der Waals surface area contributed by atoms with Crippen molar-refractivity contribution < 1.29 is 4.57 Å². The predicted molar refractivity (Wildman–Crippen MR) is 185 cm³/mol. The van der Waals surface area contributed by atoms with Crippen molar-refractivity contribution in [3.05, 3.63) is 168 Å². The topological polar surface area (TPSA) is 17.0 Å². The van der Waals surface area contributed by atoms with Gasteiger partial charge in [0.2, 0.25) is 0 Å². The summed E-state index contributed by atoms with van der Waals surface area (Å²) < 4.78 is 7.62. The first-order valence-corrected chi connectivity index (χ1v) is 16.0. The third-order valence-corrected chi connectivity index (χ3v) is 10.8. The maximum Gasteiger partial charge on any atom is 0.288 e. The molecule has 1 unspecified atom stereocenters. The van der Waals surface area contributed by atoms with E-state index in [1.165, 1.54) is 83.2 Å². The monoisotopic (exact) mass is 585 g/mol. The van der Waals surface area contributed by atoms with Crippen molar-refractivity contribution in [1.82, 2.24) is 9.13 Å². The van der Waals surface area contributed by atoms with Gasteiger partial charge in [0.05, 0.1) is 45.4 Å². The predicted octanol–water partition coefficient (Wildman–Crippen LogP) is 9.42. The molecule has 0 saturated carbocycles. The largest absolute Gasteiger partial charge is 0.309 e. The van der Waals surface area contributed by atoms with Crippen LogP contribution in [-0.2, 0) is 5.54 Å². The number of nitrogens with zero attached hydrogens (tertiary/aromatic N) is 4. The van der Waals surface area contributed by atoms with Gasteiger partial charge in [-0.3, -0.25) is 0 Å². The molecule has 0 bridgehead atoms. The number of para-hydroxylation sites is 4. The molecule has 9 aromatic rings. The van der Waals surface area contributed by atoms with E-state index in [1.54, 1.807) is 0 Å². The standard InChI is InChI=1S/C42H25N4/c1-2-12-26(13-3-1)44-35-23-21-29-27-14-4-7-17-32(27)45-34-19-9-6-16-31(34)42(38(35)40(29)45)39-36(44)24-22-30-28-15-5-8-18-33(28)46(41(30)39)37-20-10-11-25-43(37)42/h1-25H/q+1. The highest BCUT2D eigenvalue weighted by Crippen LogP contribution is 2.62. The Morgan fingerprint density at radius 3 is 1.76 bits per heavy atom. The van der Waals surface area contributed by atoms with Crippen LogP contribution in [0.4, 0.5) is 17.1 Å². The zero-order valence-electron chi connectivity index (χ0n) is 24.7. The van der Waals surface area contributed by atoms with Crippen molar-refractivity contribution in [2.45, 2.75) is 5.54 Å². The molecule has 0 saturated heterocycles. The van der Waals surface area contributed by atoms with Crippen LogP contribution in [0.1, 0.15) is 16.7 Å². The second-order valence-electron chi connectivity index (χ2n) is 12.7. The average Bonchev–Trinajstić information content (AvgIpc) is 3.65. The first-order chi connectivity index (χ1) is 22.9. The van der Waals surface area contributed by atoms with Gasteiger partial charge < -0.3 is 9.47 Å². The molecule has 212 valence electrons. The highest BCUT2D eigenvalue weighted by atomic mass is 15.3. The maximum absolute atomic E-state index is 2.57. The van der Waals surface area contributed by atoms with Crippen LogP contribution in [0.25, 0.3) is 55.1 Å². The molecule has 12 rings (SSSR count). The van der Waals surface area contributed by atoms with E-state index in [9.17, 15) is 0 Å². The summed E-state index contributed by atoms with van der Waals surface area (Å²) in [5, 5.41) is 5.14. The zero-order valence-corrected chi connectivity index (χ0v) is 24.7. The summed E-state index contributed by atoms with van der Waals surface area (Å²) in [6, 6.07) is 53.9. The summed E-state index contributed by atoms with van der Waals surface area (Å²) in [6.07, 6.45) is 2.31. The summed E-state index contributed by atoms with van der Waals surface area (Å²) in [7, 11) is 0. The van der Waals surface area contributed by atoms with Gasteiger partial charge in [0.25, 0.3) is 5.82 Å². The van der Waals surface area contributed by atoms with Crippen molar-refractivity contribution in [1.29, 1.82) is 0 Å². The van der Waals surface area contributed by atoms with Gasteiger partial charge in [-0.15, -0.1) is 0 Å². The van der Waals surface area contributed by atoms with Crippen LogP contribution in [0.2, 0.25) is 0 Å². The first-order valence-electron chi connectivity index (χ1n) is 16.0.